The van der Waals surface area contributed by atoms with Crippen LogP contribution in [0, 0.1) is 0 Å². The molecule has 0 amide bonds. The topological polar surface area (TPSA) is 109 Å². The number of hydrogen-bond donors (Lipinski definition) is 4. The maximum atomic E-state index is 10.7. The normalized spacial score (nSPS) is 28.8. The van der Waals surface area contributed by atoms with E-state index in [0.29, 0.717) is 29.2 Å². The van der Waals surface area contributed by atoms with Crippen LogP contribution in [0.25, 0.3) is 0 Å². The van der Waals surface area contributed by atoms with Gasteiger partial charge < -0.3 is 34.6 Å². The highest BCUT2D eigenvalue weighted by atomic mass is 35.5. The van der Waals surface area contributed by atoms with Crippen molar-refractivity contribution in [1.29, 1.82) is 0 Å². The molecule has 2 aromatic rings. The zero-order valence-electron chi connectivity index (χ0n) is 18.3. The van der Waals surface area contributed by atoms with Crippen molar-refractivity contribution in [3.8, 4) is 11.5 Å². The van der Waals surface area contributed by atoms with E-state index in [1.54, 1.807) is 7.11 Å². The summed E-state index contributed by atoms with van der Waals surface area (Å²) in [5.41, 5.74) is 2.69. The van der Waals surface area contributed by atoms with E-state index in [2.05, 4.69) is 0 Å². The van der Waals surface area contributed by atoms with Crippen LogP contribution in [0.5, 0.6) is 11.5 Å². The van der Waals surface area contributed by atoms with Crippen molar-refractivity contribution < 1.29 is 34.6 Å². The molecule has 2 heterocycles. The van der Waals surface area contributed by atoms with Gasteiger partial charge in [0, 0.05) is 17.5 Å². The number of hydrogen-bond acceptors (Lipinski definition) is 7. The monoisotopic (exact) mass is 464 g/mol. The zero-order chi connectivity index (χ0) is 23.2. The van der Waals surface area contributed by atoms with E-state index in [-0.39, 0.29) is 0 Å². The molecule has 0 radical (unpaired) electrons. The van der Waals surface area contributed by atoms with Gasteiger partial charge >= 0.3 is 0 Å². The Bertz CT molecular complexity index is 973. The van der Waals surface area contributed by atoms with Gasteiger partial charge in [-0.05, 0) is 49.6 Å². The fourth-order valence-corrected chi connectivity index (χ4v) is 4.74. The Kier molecular flexibility index (Phi) is 6.42. The van der Waals surface area contributed by atoms with E-state index in [1.165, 1.54) is 0 Å². The molecule has 0 aromatic heterocycles. The Morgan fingerprint density at radius 2 is 1.78 bits per heavy atom. The zero-order valence-corrected chi connectivity index (χ0v) is 19.0. The molecule has 2 aromatic carbocycles. The molecule has 1 saturated heterocycles. The molecule has 174 valence electrons. The van der Waals surface area contributed by atoms with E-state index >= 15 is 0 Å². The SMILES string of the molecule is COc1ccc(Cc2cc([C@@H]3O[C@H](CO)[C@@H](O)[C@H](O)[C@H]3O)c3c(c2Cl)CC(C)(C)O3)cc1. The second kappa shape index (κ2) is 8.82. The van der Waals surface area contributed by atoms with E-state index in [4.69, 9.17) is 25.8 Å². The van der Waals surface area contributed by atoms with Crippen LogP contribution >= 0.6 is 11.6 Å². The minimum absolute atomic E-state index is 0.498. The summed E-state index contributed by atoms with van der Waals surface area (Å²) in [7, 11) is 1.61. The fourth-order valence-electron chi connectivity index (χ4n) is 4.46. The third-order valence-corrected chi connectivity index (χ3v) is 6.62. The Morgan fingerprint density at radius 1 is 1.09 bits per heavy atom. The number of aliphatic hydroxyl groups excluding tert-OH is 4. The Labute approximate surface area is 192 Å². The number of ether oxygens (including phenoxy) is 3. The maximum absolute atomic E-state index is 10.7. The molecule has 4 N–H and O–H groups in total. The molecule has 2 aliphatic rings. The molecular formula is C24H29ClO7. The molecule has 2 aliphatic heterocycles. The lowest BCUT2D eigenvalue weighted by atomic mass is 9.87. The van der Waals surface area contributed by atoms with Gasteiger partial charge in [0.2, 0.25) is 0 Å². The fraction of sp³-hybridized carbons (Fsp3) is 0.500. The second-order valence-corrected chi connectivity index (χ2v) is 9.44. The third kappa shape index (κ3) is 4.21. The molecule has 5 atom stereocenters. The first-order chi connectivity index (χ1) is 15.1. The Morgan fingerprint density at radius 3 is 2.41 bits per heavy atom. The summed E-state index contributed by atoms with van der Waals surface area (Å²) in [5.74, 6) is 1.27. The van der Waals surface area contributed by atoms with Crippen molar-refractivity contribution in [2.75, 3.05) is 13.7 Å². The van der Waals surface area contributed by atoms with Gasteiger partial charge in [0.25, 0.3) is 0 Å². The smallest absolute Gasteiger partial charge is 0.130 e. The predicted octanol–water partition coefficient (Wildman–Crippen LogP) is 2.17. The van der Waals surface area contributed by atoms with Crippen molar-refractivity contribution in [2.24, 2.45) is 0 Å². The van der Waals surface area contributed by atoms with E-state index < -0.39 is 42.7 Å². The summed E-state index contributed by atoms with van der Waals surface area (Å²) in [4.78, 5) is 0. The quantitative estimate of drug-likeness (QED) is 0.537. The molecule has 0 unspecified atom stereocenters. The highest BCUT2D eigenvalue weighted by Gasteiger charge is 2.46. The van der Waals surface area contributed by atoms with Gasteiger partial charge in [-0.2, -0.15) is 0 Å². The first kappa shape index (κ1) is 23.3. The minimum atomic E-state index is -1.48. The Hall–Kier alpha value is -1.87. The number of rotatable bonds is 5. The minimum Gasteiger partial charge on any atom is -0.497 e. The van der Waals surface area contributed by atoms with Crippen molar-refractivity contribution in [3.63, 3.8) is 0 Å². The lowest BCUT2D eigenvalue weighted by Crippen LogP contribution is -2.55. The van der Waals surface area contributed by atoms with Crippen molar-refractivity contribution in [3.05, 3.63) is 57.6 Å². The average Bonchev–Trinajstić information content (AvgIpc) is 3.11. The van der Waals surface area contributed by atoms with Crippen molar-refractivity contribution in [2.45, 2.75) is 62.8 Å². The van der Waals surface area contributed by atoms with E-state index in [9.17, 15) is 20.4 Å². The number of fused-ring (bicyclic) bond motifs is 1. The van der Waals surface area contributed by atoms with Crippen LogP contribution in [-0.2, 0) is 17.6 Å². The lowest BCUT2D eigenvalue weighted by molar-refractivity contribution is -0.232. The number of methoxy groups -OCH3 is 1. The molecule has 0 saturated carbocycles. The Balaban J connectivity index is 1.78. The average molecular weight is 465 g/mol. The maximum Gasteiger partial charge on any atom is 0.130 e. The number of halogens is 1. The molecule has 0 spiro atoms. The standard InChI is InChI=1S/C24H29ClO7/c1-24(2)10-16-18(25)13(8-12-4-6-14(30-3)7-5-12)9-15(22(16)32-24)23-21(29)20(28)19(27)17(11-26)31-23/h4-7,9,17,19-21,23,26-29H,8,10-11H2,1-3H3/t17-,19-,20+,21-,23+/m1/s1. The third-order valence-electron chi connectivity index (χ3n) is 6.15. The molecule has 1 fully saturated rings. The molecule has 7 nitrogen and oxygen atoms in total. The molecule has 4 rings (SSSR count). The summed E-state index contributed by atoms with van der Waals surface area (Å²) >= 11 is 6.81. The molecule has 32 heavy (non-hydrogen) atoms. The van der Waals surface area contributed by atoms with Crippen LogP contribution in [-0.4, -0.2) is 64.2 Å². The molecule has 0 bridgehead atoms. The van der Waals surface area contributed by atoms with Crippen molar-refractivity contribution in [1.82, 2.24) is 0 Å². The number of aliphatic hydroxyl groups is 4. The van der Waals surface area contributed by atoms with Crippen LogP contribution in [0.3, 0.4) is 0 Å². The largest absolute Gasteiger partial charge is 0.497 e. The summed E-state index contributed by atoms with van der Waals surface area (Å²) in [5, 5.41) is 41.4. The van der Waals surface area contributed by atoms with Gasteiger partial charge in [0.05, 0.1) is 18.7 Å². The number of benzene rings is 2. The van der Waals surface area contributed by atoms with Crippen molar-refractivity contribution >= 4 is 11.6 Å². The van der Waals surface area contributed by atoms with Crippen LogP contribution in [0.1, 0.15) is 42.2 Å². The molecular weight excluding hydrogens is 436 g/mol. The first-order valence-corrected chi connectivity index (χ1v) is 11.0. The lowest BCUT2D eigenvalue weighted by Gasteiger charge is -2.40. The van der Waals surface area contributed by atoms with Gasteiger partial charge in [0.15, 0.2) is 0 Å². The summed E-state index contributed by atoms with van der Waals surface area (Å²) in [6.07, 6.45) is -5.22. The highest BCUT2D eigenvalue weighted by Crippen LogP contribution is 2.48. The molecule has 8 heteroatoms. The van der Waals surface area contributed by atoms with Crippen LogP contribution < -0.4 is 9.47 Å². The summed E-state index contributed by atoms with van der Waals surface area (Å²) < 4.78 is 17.2. The van der Waals surface area contributed by atoms with Gasteiger partial charge in [-0.3, -0.25) is 0 Å². The van der Waals surface area contributed by atoms with Crippen LogP contribution in [0.2, 0.25) is 5.02 Å². The summed E-state index contributed by atoms with van der Waals surface area (Å²) in [6.45, 7) is 3.40. The van der Waals surface area contributed by atoms with Gasteiger partial charge in [-0.15, -0.1) is 0 Å². The van der Waals surface area contributed by atoms with E-state index in [1.807, 2.05) is 44.2 Å². The van der Waals surface area contributed by atoms with E-state index in [0.717, 1.165) is 22.4 Å². The predicted molar refractivity (Wildman–Crippen MR) is 118 cm³/mol. The summed E-state index contributed by atoms with van der Waals surface area (Å²) in [6, 6.07) is 9.48. The first-order valence-electron chi connectivity index (χ1n) is 10.6. The van der Waals surface area contributed by atoms with Gasteiger partial charge in [-0.25, -0.2) is 0 Å². The molecule has 0 aliphatic carbocycles. The van der Waals surface area contributed by atoms with Gasteiger partial charge in [-0.1, -0.05) is 23.7 Å². The van der Waals surface area contributed by atoms with Crippen LogP contribution in [0.4, 0.5) is 0 Å². The van der Waals surface area contributed by atoms with Crippen LogP contribution in [0.15, 0.2) is 30.3 Å². The second-order valence-electron chi connectivity index (χ2n) is 9.06. The highest BCUT2D eigenvalue weighted by molar-refractivity contribution is 6.32. The van der Waals surface area contributed by atoms with Gasteiger partial charge in [0.1, 0.15) is 47.6 Å².